The van der Waals surface area contributed by atoms with E-state index >= 15 is 0 Å². The van der Waals surface area contributed by atoms with E-state index in [2.05, 4.69) is 4.98 Å². The Morgan fingerprint density at radius 2 is 2.05 bits per heavy atom. The molecule has 100 valence electrons. The van der Waals surface area contributed by atoms with E-state index in [-0.39, 0.29) is 18.9 Å². The van der Waals surface area contributed by atoms with Gasteiger partial charge in [0.15, 0.2) is 0 Å². The molecule has 0 aliphatic carbocycles. The van der Waals surface area contributed by atoms with Gasteiger partial charge in [-0.15, -0.1) is 0 Å². The molecule has 0 saturated heterocycles. The lowest BCUT2D eigenvalue weighted by Crippen LogP contribution is -2.29. The summed E-state index contributed by atoms with van der Waals surface area (Å²) in [5, 5.41) is 9.60. The van der Waals surface area contributed by atoms with Crippen LogP contribution in [0.5, 0.6) is 0 Å². The van der Waals surface area contributed by atoms with Crippen molar-refractivity contribution in [2.75, 3.05) is 13.6 Å². The number of carboxylic acid groups (broad SMARTS) is 1. The molecule has 0 aliphatic rings. The molecule has 0 bridgehead atoms. The van der Waals surface area contributed by atoms with Gasteiger partial charge in [0.05, 0.1) is 6.42 Å². The molecular weight excluding hydrogens is 244 g/mol. The summed E-state index contributed by atoms with van der Waals surface area (Å²) in [6, 6.07) is 7.70. The van der Waals surface area contributed by atoms with Gasteiger partial charge < -0.3 is 15.0 Å². The highest BCUT2D eigenvalue weighted by molar-refractivity contribution is 5.98. The van der Waals surface area contributed by atoms with Crippen LogP contribution in [-0.4, -0.2) is 40.5 Å². The average Bonchev–Trinajstić information content (AvgIpc) is 2.77. The molecule has 0 aliphatic heterocycles. The van der Waals surface area contributed by atoms with Crippen LogP contribution in [0, 0.1) is 6.92 Å². The van der Waals surface area contributed by atoms with E-state index < -0.39 is 5.97 Å². The van der Waals surface area contributed by atoms with Gasteiger partial charge in [-0.3, -0.25) is 9.59 Å². The number of carbonyl (C=O) groups excluding carboxylic acids is 1. The Morgan fingerprint density at radius 3 is 2.74 bits per heavy atom. The highest BCUT2D eigenvalue weighted by Crippen LogP contribution is 2.17. The van der Waals surface area contributed by atoms with Crippen molar-refractivity contribution in [3.63, 3.8) is 0 Å². The molecule has 1 amide bonds. The number of H-pyrrole nitrogens is 1. The van der Waals surface area contributed by atoms with Gasteiger partial charge in [-0.25, -0.2) is 0 Å². The fraction of sp³-hybridized carbons (Fsp3) is 0.286. The zero-order valence-electron chi connectivity index (χ0n) is 10.9. The van der Waals surface area contributed by atoms with Crippen molar-refractivity contribution in [1.29, 1.82) is 0 Å². The molecule has 0 spiro atoms. The van der Waals surface area contributed by atoms with Crippen molar-refractivity contribution >= 4 is 22.8 Å². The largest absolute Gasteiger partial charge is 0.481 e. The molecule has 1 aromatic heterocycles. The Labute approximate surface area is 110 Å². The zero-order valence-corrected chi connectivity index (χ0v) is 10.9. The molecule has 1 aromatic carbocycles. The predicted octanol–water partition coefficient (Wildman–Crippen LogP) is 2.02. The number of aliphatic carboxylic acids is 1. The summed E-state index contributed by atoms with van der Waals surface area (Å²) in [6.07, 6.45) is -0.0540. The Morgan fingerprint density at radius 1 is 1.32 bits per heavy atom. The number of nitrogens with one attached hydrogen (secondary N) is 1. The van der Waals surface area contributed by atoms with Crippen molar-refractivity contribution in [2.45, 2.75) is 13.3 Å². The molecule has 2 rings (SSSR count). The molecule has 2 aromatic rings. The van der Waals surface area contributed by atoms with Crippen molar-refractivity contribution in [1.82, 2.24) is 9.88 Å². The van der Waals surface area contributed by atoms with Crippen molar-refractivity contribution < 1.29 is 14.7 Å². The van der Waals surface area contributed by atoms with Crippen molar-refractivity contribution in [2.24, 2.45) is 0 Å². The number of nitrogens with zero attached hydrogens (tertiary/aromatic N) is 1. The Hall–Kier alpha value is -2.30. The van der Waals surface area contributed by atoms with Crippen LogP contribution in [0.4, 0.5) is 0 Å². The number of carboxylic acids is 1. The van der Waals surface area contributed by atoms with Crippen LogP contribution in [0.25, 0.3) is 10.9 Å². The number of hydrogen-bond donors (Lipinski definition) is 2. The summed E-state index contributed by atoms with van der Waals surface area (Å²) in [6.45, 7) is 2.19. The minimum absolute atomic E-state index is 0.0540. The van der Waals surface area contributed by atoms with Crippen LogP contribution in [0.2, 0.25) is 0 Å². The second kappa shape index (κ2) is 5.14. The van der Waals surface area contributed by atoms with Crippen LogP contribution in [0.15, 0.2) is 24.3 Å². The number of aryl methyl sites for hydroxylation is 1. The number of carbonyl (C=O) groups is 2. The van der Waals surface area contributed by atoms with Gasteiger partial charge in [0.25, 0.3) is 5.91 Å². The number of aromatic amines is 1. The summed E-state index contributed by atoms with van der Waals surface area (Å²) in [7, 11) is 1.60. The van der Waals surface area contributed by atoms with Gasteiger partial charge in [-0.2, -0.15) is 0 Å². The van der Waals surface area contributed by atoms with E-state index in [1.165, 1.54) is 4.90 Å². The van der Waals surface area contributed by atoms with Gasteiger partial charge in [0.2, 0.25) is 0 Å². The summed E-state index contributed by atoms with van der Waals surface area (Å²) < 4.78 is 0. The first-order valence-electron chi connectivity index (χ1n) is 6.04. The maximum absolute atomic E-state index is 12.1. The molecule has 1 heterocycles. The first-order valence-corrected chi connectivity index (χ1v) is 6.04. The Bertz CT molecular complexity index is 631. The topological polar surface area (TPSA) is 73.4 Å². The lowest BCUT2D eigenvalue weighted by atomic mass is 10.2. The van der Waals surface area contributed by atoms with E-state index in [1.807, 2.05) is 25.1 Å². The quantitative estimate of drug-likeness (QED) is 0.883. The molecule has 19 heavy (non-hydrogen) atoms. The molecule has 0 atom stereocenters. The Balaban J connectivity index is 2.19. The number of aromatic nitrogens is 1. The van der Waals surface area contributed by atoms with Gasteiger partial charge in [-0.05, 0) is 25.1 Å². The smallest absolute Gasteiger partial charge is 0.305 e. The van der Waals surface area contributed by atoms with Crippen LogP contribution in [0.3, 0.4) is 0 Å². The molecular formula is C14H16N2O3. The average molecular weight is 260 g/mol. The van der Waals surface area contributed by atoms with Crippen LogP contribution in [-0.2, 0) is 4.79 Å². The SMILES string of the molecule is Cc1ccc2[nH]c(C(=O)N(C)CCC(=O)O)cc2c1. The minimum atomic E-state index is -0.910. The molecule has 0 unspecified atom stereocenters. The molecule has 0 radical (unpaired) electrons. The van der Waals surface area contributed by atoms with E-state index in [0.717, 1.165) is 16.5 Å². The normalized spacial score (nSPS) is 10.6. The maximum Gasteiger partial charge on any atom is 0.305 e. The van der Waals surface area contributed by atoms with Crippen LogP contribution >= 0.6 is 0 Å². The zero-order chi connectivity index (χ0) is 14.0. The summed E-state index contributed by atoms with van der Waals surface area (Å²) in [5.41, 5.74) is 2.51. The summed E-state index contributed by atoms with van der Waals surface area (Å²) in [5.74, 6) is -1.11. The monoisotopic (exact) mass is 260 g/mol. The fourth-order valence-corrected chi connectivity index (χ4v) is 1.94. The van der Waals surface area contributed by atoms with Gasteiger partial charge in [0, 0.05) is 24.5 Å². The summed E-state index contributed by atoms with van der Waals surface area (Å²) in [4.78, 5) is 27.1. The number of amides is 1. The second-order valence-electron chi connectivity index (χ2n) is 4.64. The third kappa shape index (κ3) is 2.93. The third-order valence-corrected chi connectivity index (χ3v) is 3.01. The highest BCUT2D eigenvalue weighted by atomic mass is 16.4. The van der Waals surface area contributed by atoms with E-state index in [0.29, 0.717) is 5.69 Å². The maximum atomic E-state index is 12.1. The molecule has 5 heteroatoms. The lowest BCUT2D eigenvalue weighted by Gasteiger charge is -2.14. The van der Waals surface area contributed by atoms with Crippen LogP contribution < -0.4 is 0 Å². The van der Waals surface area contributed by atoms with Crippen molar-refractivity contribution in [3.05, 3.63) is 35.5 Å². The van der Waals surface area contributed by atoms with Gasteiger partial charge in [-0.1, -0.05) is 11.6 Å². The van der Waals surface area contributed by atoms with E-state index in [4.69, 9.17) is 5.11 Å². The van der Waals surface area contributed by atoms with E-state index in [1.54, 1.807) is 13.1 Å². The third-order valence-electron chi connectivity index (χ3n) is 3.01. The number of benzene rings is 1. The first-order chi connectivity index (χ1) is 8.97. The number of fused-ring (bicyclic) bond motifs is 1. The molecule has 0 fully saturated rings. The first kappa shape index (κ1) is 13.1. The second-order valence-corrected chi connectivity index (χ2v) is 4.64. The molecule has 5 nitrogen and oxygen atoms in total. The Kier molecular flexibility index (Phi) is 3.55. The fourth-order valence-electron chi connectivity index (χ4n) is 1.94. The standard InChI is InChI=1S/C14H16N2O3/c1-9-3-4-11-10(7-9)8-12(15-11)14(19)16(2)6-5-13(17)18/h3-4,7-8,15H,5-6H2,1-2H3,(H,17,18). The minimum Gasteiger partial charge on any atom is -0.481 e. The van der Waals surface area contributed by atoms with Gasteiger partial charge >= 0.3 is 5.97 Å². The summed E-state index contributed by atoms with van der Waals surface area (Å²) >= 11 is 0. The van der Waals surface area contributed by atoms with Crippen LogP contribution in [0.1, 0.15) is 22.5 Å². The number of rotatable bonds is 4. The van der Waals surface area contributed by atoms with Crippen molar-refractivity contribution in [3.8, 4) is 0 Å². The predicted molar refractivity (Wildman–Crippen MR) is 72.2 cm³/mol. The highest BCUT2D eigenvalue weighted by Gasteiger charge is 2.15. The lowest BCUT2D eigenvalue weighted by molar-refractivity contribution is -0.137. The van der Waals surface area contributed by atoms with E-state index in [9.17, 15) is 9.59 Å². The molecule has 2 N–H and O–H groups in total. The number of hydrogen-bond acceptors (Lipinski definition) is 2. The molecule has 0 saturated carbocycles. The van der Waals surface area contributed by atoms with Gasteiger partial charge in [0.1, 0.15) is 5.69 Å².